The van der Waals surface area contributed by atoms with Crippen LogP contribution in [0.5, 0.6) is 0 Å². The van der Waals surface area contributed by atoms with Crippen molar-refractivity contribution in [3.8, 4) is 5.69 Å². The van der Waals surface area contributed by atoms with Crippen molar-refractivity contribution in [3.05, 3.63) is 84.7 Å². The summed E-state index contributed by atoms with van der Waals surface area (Å²) in [4.78, 5) is 26.0. The van der Waals surface area contributed by atoms with E-state index in [1.54, 1.807) is 26.0 Å². The largest absolute Gasteiger partial charge is 0.295 e. The maximum absolute atomic E-state index is 13.1. The number of aromatic nitrogens is 2. The number of aryl methyl sites for hydroxylation is 1. The van der Waals surface area contributed by atoms with Gasteiger partial charge in [-0.3, -0.25) is 14.7 Å². The number of amides is 1. The molecule has 3 aromatic rings. The first-order chi connectivity index (χ1) is 14.3. The van der Waals surface area contributed by atoms with Gasteiger partial charge in [-0.1, -0.05) is 53.0 Å². The Labute approximate surface area is 187 Å². The molecule has 1 aliphatic rings. The monoisotopic (exact) mass is 460 g/mol. The minimum atomic E-state index is -0.398. The molecule has 0 bridgehead atoms. The van der Waals surface area contributed by atoms with E-state index < -0.39 is 5.56 Å². The van der Waals surface area contributed by atoms with E-state index in [9.17, 15) is 9.59 Å². The molecule has 1 aliphatic heterocycles. The number of hydrazone groups is 1. The zero-order chi connectivity index (χ0) is 21.6. The van der Waals surface area contributed by atoms with Gasteiger partial charge < -0.3 is 0 Å². The van der Waals surface area contributed by atoms with E-state index in [2.05, 4.69) is 10.2 Å². The van der Waals surface area contributed by atoms with Crippen LogP contribution in [-0.2, 0) is 4.79 Å². The van der Waals surface area contributed by atoms with Gasteiger partial charge in [0.15, 0.2) is 0 Å². The smallest absolute Gasteiger partial charge is 0.280 e. The molecule has 0 unspecified atom stereocenters. The molecule has 0 fully saturated rings. The van der Waals surface area contributed by atoms with Crippen molar-refractivity contribution in [1.29, 1.82) is 0 Å². The minimum Gasteiger partial charge on any atom is -0.295 e. The van der Waals surface area contributed by atoms with Gasteiger partial charge in [-0.2, -0.15) is 10.1 Å². The number of hydrogen-bond donors (Lipinski definition) is 1. The van der Waals surface area contributed by atoms with Crippen LogP contribution >= 0.6 is 34.8 Å². The third-order valence-corrected chi connectivity index (χ3v) is 5.47. The number of carbonyl (C=O) groups is 1. The molecule has 4 rings (SSSR count). The molecular formula is C21H15Cl3N4O2. The number of rotatable bonds is 3. The summed E-state index contributed by atoms with van der Waals surface area (Å²) in [6, 6.07) is 12.1. The summed E-state index contributed by atoms with van der Waals surface area (Å²) in [5, 5.41) is 9.41. The van der Waals surface area contributed by atoms with Crippen LogP contribution in [0.1, 0.15) is 18.2 Å². The van der Waals surface area contributed by atoms with Crippen molar-refractivity contribution in [2.24, 2.45) is 5.10 Å². The molecule has 0 saturated heterocycles. The number of nitrogens with one attached hydrogen (secondary N) is 1. The van der Waals surface area contributed by atoms with Crippen molar-refractivity contribution in [1.82, 2.24) is 9.78 Å². The van der Waals surface area contributed by atoms with Crippen molar-refractivity contribution in [2.75, 3.05) is 5.01 Å². The summed E-state index contributed by atoms with van der Waals surface area (Å²) in [5.41, 5.74) is 2.24. The van der Waals surface area contributed by atoms with Crippen molar-refractivity contribution >= 4 is 58.2 Å². The van der Waals surface area contributed by atoms with Gasteiger partial charge in [0.25, 0.3) is 11.5 Å². The number of anilines is 1. The first-order valence-electron chi connectivity index (χ1n) is 8.91. The number of aromatic amines is 1. The molecule has 1 aromatic heterocycles. The minimum absolute atomic E-state index is 0.222. The lowest BCUT2D eigenvalue weighted by molar-refractivity contribution is -0.114. The fourth-order valence-electron chi connectivity index (χ4n) is 3.21. The average molecular weight is 462 g/mol. The highest BCUT2D eigenvalue weighted by molar-refractivity contribution is 6.40. The molecule has 1 N–H and O–H groups in total. The predicted octanol–water partition coefficient (Wildman–Crippen LogP) is 5.24. The number of benzene rings is 2. The predicted molar refractivity (Wildman–Crippen MR) is 121 cm³/mol. The third-order valence-electron chi connectivity index (χ3n) is 4.67. The second kappa shape index (κ2) is 7.80. The Morgan fingerprint density at radius 2 is 1.63 bits per heavy atom. The zero-order valence-electron chi connectivity index (χ0n) is 15.9. The molecule has 152 valence electrons. The standard InChI is InChI=1S/C21H15Cl3N4O2/c1-11-15(20(29)27(25-11)14-6-4-3-5-7-14)10-16-12(2)26-28(21(16)30)19-17(23)8-13(22)9-18(19)24/h3-10,26H,1-2H3/b15-10+. The molecule has 0 atom stereocenters. The Hall–Kier alpha value is -2.80. The highest BCUT2D eigenvalue weighted by Gasteiger charge is 2.29. The lowest BCUT2D eigenvalue weighted by atomic mass is 10.1. The summed E-state index contributed by atoms with van der Waals surface area (Å²) in [5.74, 6) is -0.312. The molecule has 0 radical (unpaired) electrons. The summed E-state index contributed by atoms with van der Waals surface area (Å²) in [6.07, 6.45) is 1.53. The molecule has 2 aromatic carbocycles. The van der Waals surface area contributed by atoms with Gasteiger partial charge in [0, 0.05) is 10.7 Å². The number of hydrogen-bond acceptors (Lipinski definition) is 3. The van der Waals surface area contributed by atoms with Crippen LogP contribution in [-0.4, -0.2) is 21.4 Å². The molecule has 0 saturated carbocycles. The zero-order valence-corrected chi connectivity index (χ0v) is 18.2. The molecule has 6 nitrogen and oxygen atoms in total. The Kier molecular flexibility index (Phi) is 5.32. The number of para-hydroxylation sites is 1. The van der Waals surface area contributed by atoms with Gasteiger partial charge in [0.05, 0.1) is 32.6 Å². The molecular weight excluding hydrogens is 447 g/mol. The van der Waals surface area contributed by atoms with Crippen LogP contribution in [0, 0.1) is 6.92 Å². The molecule has 9 heteroatoms. The number of halogens is 3. The Bertz CT molecular complexity index is 1270. The maximum atomic E-state index is 13.1. The van der Waals surface area contributed by atoms with Gasteiger partial charge in [0.1, 0.15) is 5.69 Å². The van der Waals surface area contributed by atoms with E-state index in [-0.39, 0.29) is 21.6 Å². The van der Waals surface area contributed by atoms with E-state index in [0.29, 0.717) is 33.3 Å². The summed E-state index contributed by atoms with van der Waals surface area (Å²) >= 11 is 18.5. The van der Waals surface area contributed by atoms with E-state index in [1.165, 1.54) is 27.9 Å². The van der Waals surface area contributed by atoms with Gasteiger partial charge in [0.2, 0.25) is 0 Å². The van der Waals surface area contributed by atoms with E-state index in [4.69, 9.17) is 34.8 Å². The SMILES string of the molecule is CC1=NN(c2ccccc2)C(=O)/C1=C/c1c(C)[nH]n(-c2c(Cl)cc(Cl)cc2Cl)c1=O. The van der Waals surface area contributed by atoms with Gasteiger partial charge >= 0.3 is 0 Å². The highest BCUT2D eigenvalue weighted by atomic mass is 35.5. The number of H-pyrrole nitrogens is 1. The van der Waals surface area contributed by atoms with Crippen molar-refractivity contribution in [3.63, 3.8) is 0 Å². The molecule has 2 heterocycles. The first kappa shape index (κ1) is 20.5. The van der Waals surface area contributed by atoms with Gasteiger partial charge in [-0.15, -0.1) is 0 Å². The summed E-state index contributed by atoms with van der Waals surface area (Å²) < 4.78 is 1.24. The Morgan fingerprint density at radius 1 is 1.00 bits per heavy atom. The lowest BCUT2D eigenvalue weighted by Gasteiger charge is -2.10. The number of carbonyl (C=O) groups excluding carboxylic acids is 1. The van der Waals surface area contributed by atoms with Gasteiger partial charge in [-0.25, -0.2) is 4.68 Å². The van der Waals surface area contributed by atoms with Crippen LogP contribution in [0.15, 0.2) is 57.9 Å². The Balaban J connectivity index is 1.79. The fraction of sp³-hybridized carbons (Fsp3) is 0.0952. The third kappa shape index (κ3) is 3.47. The fourth-order valence-corrected chi connectivity index (χ4v) is 4.19. The quantitative estimate of drug-likeness (QED) is 0.542. The van der Waals surface area contributed by atoms with Crippen molar-refractivity contribution < 1.29 is 4.79 Å². The van der Waals surface area contributed by atoms with E-state index in [0.717, 1.165) is 0 Å². The topological polar surface area (TPSA) is 70.5 Å². The second-order valence-electron chi connectivity index (χ2n) is 6.71. The maximum Gasteiger partial charge on any atom is 0.280 e. The van der Waals surface area contributed by atoms with Crippen LogP contribution in [0.25, 0.3) is 11.8 Å². The molecule has 0 spiro atoms. The first-order valence-corrected chi connectivity index (χ1v) is 10.0. The summed E-state index contributed by atoms with van der Waals surface area (Å²) in [6.45, 7) is 3.45. The van der Waals surface area contributed by atoms with Crippen LogP contribution in [0.4, 0.5) is 5.69 Å². The summed E-state index contributed by atoms with van der Waals surface area (Å²) in [7, 11) is 0. The van der Waals surface area contributed by atoms with Gasteiger partial charge in [-0.05, 0) is 44.2 Å². The normalized spacial score (nSPS) is 15.2. The van der Waals surface area contributed by atoms with E-state index in [1.807, 2.05) is 18.2 Å². The molecule has 1 amide bonds. The highest BCUT2D eigenvalue weighted by Crippen LogP contribution is 2.31. The van der Waals surface area contributed by atoms with E-state index >= 15 is 0 Å². The second-order valence-corrected chi connectivity index (χ2v) is 7.96. The van der Waals surface area contributed by atoms with Crippen LogP contribution in [0.2, 0.25) is 15.1 Å². The Morgan fingerprint density at radius 3 is 2.27 bits per heavy atom. The van der Waals surface area contributed by atoms with Crippen LogP contribution < -0.4 is 10.6 Å². The molecule has 0 aliphatic carbocycles. The van der Waals surface area contributed by atoms with Crippen molar-refractivity contribution in [2.45, 2.75) is 13.8 Å². The lowest BCUT2D eigenvalue weighted by Crippen LogP contribution is -2.22. The number of nitrogens with zero attached hydrogens (tertiary/aromatic N) is 3. The molecule has 30 heavy (non-hydrogen) atoms. The van der Waals surface area contributed by atoms with Crippen LogP contribution in [0.3, 0.4) is 0 Å². The average Bonchev–Trinajstić information content (AvgIpc) is 3.13.